The third-order valence-corrected chi connectivity index (χ3v) is 3.76. The van der Waals surface area contributed by atoms with E-state index >= 15 is 0 Å². The van der Waals surface area contributed by atoms with Crippen LogP contribution in [0.3, 0.4) is 0 Å². The van der Waals surface area contributed by atoms with Crippen LogP contribution in [0.1, 0.15) is 56.0 Å². The highest BCUT2D eigenvalue weighted by molar-refractivity contribution is 5.94. The van der Waals surface area contributed by atoms with Crippen LogP contribution in [-0.4, -0.2) is 25.0 Å². The molecular formula is C17H26NO2+. The number of hydrogen-bond donors (Lipinski definition) is 1. The zero-order chi connectivity index (χ0) is 14.5. The predicted molar refractivity (Wildman–Crippen MR) is 80.5 cm³/mol. The largest absolute Gasteiger partial charge is 0.491 e. The van der Waals surface area contributed by atoms with E-state index in [1.165, 1.54) is 37.9 Å². The van der Waals surface area contributed by atoms with Crippen LogP contribution >= 0.6 is 0 Å². The Labute approximate surface area is 121 Å². The van der Waals surface area contributed by atoms with Crippen molar-refractivity contribution < 1.29 is 14.4 Å². The van der Waals surface area contributed by atoms with Crippen molar-refractivity contribution >= 4 is 5.78 Å². The Hall–Kier alpha value is -1.35. The molecule has 1 aliphatic heterocycles. The van der Waals surface area contributed by atoms with Crippen LogP contribution in [0.5, 0.6) is 5.75 Å². The fraction of sp³-hybridized carbons (Fsp3) is 0.588. The van der Waals surface area contributed by atoms with Crippen LogP contribution in [0.4, 0.5) is 0 Å². The Bertz CT molecular complexity index is 462. The highest BCUT2D eigenvalue weighted by atomic mass is 16.5. The maximum Gasteiger partial charge on any atom is 0.159 e. The quantitative estimate of drug-likeness (QED) is 0.836. The van der Waals surface area contributed by atoms with Gasteiger partial charge in [-0.25, -0.2) is 0 Å². The SMILES string of the molecule is CC(=O)c1cc(C[NH+]2CCCCC2)cc(OC(C)C)c1. The summed E-state index contributed by atoms with van der Waals surface area (Å²) in [6, 6.07) is 5.97. The lowest BCUT2D eigenvalue weighted by Crippen LogP contribution is -3.11. The van der Waals surface area contributed by atoms with Gasteiger partial charge in [-0.1, -0.05) is 0 Å². The summed E-state index contributed by atoms with van der Waals surface area (Å²) in [5.41, 5.74) is 1.97. The van der Waals surface area contributed by atoms with Gasteiger partial charge in [-0.05, 0) is 58.2 Å². The summed E-state index contributed by atoms with van der Waals surface area (Å²) in [7, 11) is 0. The van der Waals surface area contributed by atoms with E-state index in [2.05, 4.69) is 6.07 Å². The summed E-state index contributed by atoms with van der Waals surface area (Å²) in [5, 5.41) is 0. The molecule has 3 heteroatoms. The molecule has 1 heterocycles. The van der Waals surface area contributed by atoms with Crippen molar-refractivity contribution in [2.45, 2.75) is 52.7 Å². The molecule has 0 spiro atoms. The number of Topliss-reactive ketones (excluding diaryl/α,β-unsaturated/α-hetero) is 1. The van der Waals surface area contributed by atoms with Gasteiger partial charge in [0.1, 0.15) is 12.3 Å². The third kappa shape index (κ3) is 4.34. The van der Waals surface area contributed by atoms with Crippen LogP contribution in [0, 0.1) is 0 Å². The fourth-order valence-corrected chi connectivity index (χ4v) is 2.82. The highest BCUT2D eigenvalue weighted by Gasteiger charge is 2.15. The van der Waals surface area contributed by atoms with Gasteiger partial charge < -0.3 is 9.64 Å². The Kier molecular flexibility index (Phi) is 5.18. The number of carbonyl (C=O) groups excluding carboxylic acids is 1. The minimum absolute atomic E-state index is 0.106. The van der Waals surface area contributed by atoms with Crippen molar-refractivity contribution in [2.75, 3.05) is 13.1 Å². The molecule has 0 bridgehead atoms. The third-order valence-electron chi connectivity index (χ3n) is 3.76. The van der Waals surface area contributed by atoms with Gasteiger partial charge in [0, 0.05) is 11.1 Å². The van der Waals surface area contributed by atoms with Crippen molar-refractivity contribution in [3.63, 3.8) is 0 Å². The molecule has 1 fully saturated rings. The summed E-state index contributed by atoms with van der Waals surface area (Å²) in [4.78, 5) is 13.3. The molecule has 0 aromatic heterocycles. The number of ether oxygens (including phenoxy) is 1. The van der Waals surface area contributed by atoms with E-state index in [9.17, 15) is 4.79 Å². The molecule has 110 valence electrons. The Morgan fingerprint density at radius 2 is 1.90 bits per heavy atom. The molecule has 0 radical (unpaired) electrons. The van der Waals surface area contributed by atoms with Crippen molar-refractivity contribution in [3.8, 4) is 5.75 Å². The van der Waals surface area contributed by atoms with Gasteiger partial charge in [-0.3, -0.25) is 4.79 Å². The minimum atomic E-state index is 0.106. The Morgan fingerprint density at radius 1 is 1.20 bits per heavy atom. The Balaban J connectivity index is 2.17. The molecule has 2 rings (SSSR count). The second-order valence-electron chi connectivity index (χ2n) is 6.08. The van der Waals surface area contributed by atoms with Gasteiger partial charge in [-0.15, -0.1) is 0 Å². The van der Waals surface area contributed by atoms with E-state index in [4.69, 9.17) is 4.74 Å². The van der Waals surface area contributed by atoms with E-state index < -0.39 is 0 Å². The molecule has 0 unspecified atom stereocenters. The number of piperidine rings is 1. The lowest BCUT2D eigenvalue weighted by Gasteiger charge is -2.24. The van der Waals surface area contributed by atoms with E-state index in [1.54, 1.807) is 11.8 Å². The van der Waals surface area contributed by atoms with Crippen molar-refractivity contribution in [1.82, 2.24) is 0 Å². The normalized spacial score (nSPS) is 16.4. The average Bonchev–Trinajstić information content (AvgIpc) is 2.38. The molecule has 0 saturated carbocycles. The molecule has 0 aliphatic carbocycles. The second kappa shape index (κ2) is 6.89. The number of benzene rings is 1. The fourth-order valence-electron chi connectivity index (χ4n) is 2.82. The number of carbonyl (C=O) groups is 1. The van der Waals surface area contributed by atoms with E-state index in [-0.39, 0.29) is 11.9 Å². The van der Waals surface area contributed by atoms with E-state index in [0.29, 0.717) is 0 Å². The van der Waals surface area contributed by atoms with Gasteiger partial charge in [0.2, 0.25) is 0 Å². The summed E-state index contributed by atoms with van der Waals surface area (Å²) < 4.78 is 5.77. The summed E-state index contributed by atoms with van der Waals surface area (Å²) in [6.45, 7) is 9.11. The van der Waals surface area contributed by atoms with E-state index in [1.807, 2.05) is 26.0 Å². The zero-order valence-corrected chi connectivity index (χ0v) is 12.9. The lowest BCUT2D eigenvalue weighted by molar-refractivity contribution is -0.918. The molecule has 0 atom stereocenters. The summed E-state index contributed by atoms with van der Waals surface area (Å²) in [6.07, 6.45) is 4.12. The number of rotatable bonds is 5. The first-order valence-electron chi connectivity index (χ1n) is 7.69. The first-order chi connectivity index (χ1) is 9.54. The summed E-state index contributed by atoms with van der Waals surface area (Å²) in [5.74, 6) is 0.924. The van der Waals surface area contributed by atoms with Gasteiger partial charge >= 0.3 is 0 Å². The van der Waals surface area contributed by atoms with Gasteiger partial charge in [0.15, 0.2) is 5.78 Å². The van der Waals surface area contributed by atoms with Crippen molar-refractivity contribution in [1.29, 1.82) is 0 Å². The molecule has 1 N–H and O–H groups in total. The Morgan fingerprint density at radius 3 is 2.50 bits per heavy atom. The van der Waals surface area contributed by atoms with Crippen LogP contribution in [0.15, 0.2) is 18.2 Å². The molecular weight excluding hydrogens is 250 g/mol. The molecule has 3 nitrogen and oxygen atoms in total. The first kappa shape index (κ1) is 15.0. The highest BCUT2D eigenvalue weighted by Crippen LogP contribution is 2.19. The topological polar surface area (TPSA) is 30.7 Å². The van der Waals surface area contributed by atoms with Crippen molar-refractivity contribution in [2.24, 2.45) is 0 Å². The lowest BCUT2D eigenvalue weighted by atomic mass is 10.1. The number of nitrogens with one attached hydrogen (secondary N) is 1. The van der Waals surface area contributed by atoms with Crippen LogP contribution in [-0.2, 0) is 6.54 Å². The monoisotopic (exact) mass is 276 g/mol. The predicted octanol–water partition coefficient (Wildman–Crippen LogP) is 2.25. The van der Waals surface area contributed by atoms with E-state index in [0.717, 1.165) is 17.9 Å². The molecule has 1 aliphatic rings. The maximum atomic E-state index is 11.7. The molecule has 1 aromatic rings. The number of hydrogen-bond acceptors (Lipinski definition) is 2. The van der Waals surface area contributed by atoms with Crippen LogP contribution < -0.4 is 9.64 Å². The average molecular weight is 276 g/mol. The number of likely N-dealkylation sites (tertiary alicyclic amines) is 1. The smallest absolute Gasteiger partial charge is 0.159 e. The number of quaternary nitrogens is 1. The maximum absolute atomic E-state index is 11.7. The van der Waals surface area contributed by atoms with Crippen LogP contribution in [0.25, 0.3) is 0 Å². The van der Waals surface area contributed by atoms with Gasteiger partial charge in [0.05, 0.1) is 19.2 Å². The first-order valence-corrected chi connectivity index (χ1v) is 7.69. The summed E-state index contributed by atoms with van der Waals surface area (Å²) >= 11 is 0. The minimum Gasteiger partial charge on any atom is -0.491 e. The second-order valence-corrected chi connectivity index (χ2v) is 6.08. The zero-order valence-electron chi connectivity index (χ0n) is 12.9. The molecule has 0 amide bonds. The molecule has 1 aromatic carbocycles. The standard InChI is InChI=1S/C17H25NO2/c1-13(2)20-17-10-15(9-16(11-17)14(3)19)12-18-7-5-4-6-8-18/h9-11,13H,4-8,12H2,1-3H3/p+1. The molecule has 20 heavy (non-hydrogen) atoms. The van der Waals surface area contributed by atoms with Crippen molar-refractivity contribution in [3.05, 3.63) is 29.3 Å². The van der Waals surface area contributed by atoms with Gasteiger partial charge in [0.25, 0.3) is 0 Å². The molecule has 1 saturated heterocycles. The number of ketones is 1. The van der Waals surface area contributed by atoms with Gasteiger partial charge in [-0.2, -0.15) is 0 Å². The van der Waals surface area contributed by atoms with Crippen LogP contribution in [0.2, 0.25) is 0 Å².